The number of hydrogen-bond donors (Lipinski definition) is 0. The summed E-state index contributed by atoms with van der Waals surface area (Å²) in [5.41, 5.74) is 2.80. The van der Waals surface area contributed by atoms with E-state index in [2.05, 4.69) is 4.90 Å². The number of ether oxygens (including phenoxy) is 2. The van der Waals surface area contributed by atoms with Gasteiger partial charge in [-0.25, -0.2) is 0 Å². The average Bonchev–Trinajstić information content (AvgIpc) is 2.33. The molecule has 1 aliphatic carbocycles. The van der Waals surface area contributed by atoms with Crippen LogP contribution in [-0.2, 0) is 14.3 Å². The first-order valence-corrected chi connectivity index (χ1v) is 5.60. The zero-order valence-electron chi connectivity index (χ0n) is 10.7. The lowest BCUT2D eigenvalue weighted by Crippen LogP contribution is -2.30. The van der Waals surface area contributed by atoms with Crippen LogP contribution in [0.25, 0.3) is 0 Å². The third kappa shape index (κ3) is 1.73. The molecule has 0 radical (unpaired) electrons. The molecule has 0 aromatic carbocycles. The minimum Gasteiger partial charge on any atom is -0.493 e. The molecule has 1 aliphatic heterocycles. The summed E-state index contributed by atoms with van der Waals surface area (Å²) in [4.78, 5) is 14.4. The maximum atomic E-state index is 12.3. The molecule has 0 bridgehead atoms. The second kappa shape index (κ2) is 4.28. The van der Waals surface area contributed by atoms with Gasteiger partial charge in [-0.15, -0.1) is 0 Å². The molecule has 4 heteroatoms. The van der Waals surface area contributed by atoms with Crippen molar-refractivity contribution in [3.05, 3.63) is 34.4 Å². The molecule has 4 nitrogen and oxygen atoms in total. The first kappa shape index (κ1) is 11.8. The van der Waals surface area contributed by atoms with Crippen molar-refractivity contribution in [1.82, 2.24) is 4.90 Å². The van der Waals surface area contributed by atoms with Crippen LogP contribution in [0.3, 0.4) is 0 Å². The quantitative estimate of drug-likeness (QED) is 0.729. The van der Waals surface area contributed by atoms with E-state index in [1.165, 1.54) is 7.11 Å². The number of carbonyl (C=O) groups excluding carboxylic acids is 1. The minimum atomic E-state index is -0.0779. The Bertz CT molecular complexity index is 457. The fraction of sp³-hybridized carbons (Fsp3) is 0.462. The van der Waals surface area contributed by atoms with E-state index < -0.39 is 0 Å². The van der Waals surface area contributed by atoms with Gasteiger partial charge in [-0.3, -0.25) is 4.79 Å². The molecule has 17 heavy (non-hydrogen) atoms. The van der Waals surface area contributed by atoms with E-state index in [0.717, 1.165) is 29.8 Å². The average molecular weight is 235 g/mol. The van der Waals surface area contributed by atoms with E-state index in [-0.39, 0.29) is 5.78 Å². The smallest absolute Gasteiger partial charge is 0.233 e. The van der Waals surface area contributed by atoms with Gasteiger partial charge in [-0.05, 0) is 25.0 Å². The number of nitrogens with zero attached hydrogens (tertiary/aromatic N) is 1. The van der Waals surface area contributed by atoms with Crippen LogP contribution in [0.15, 0.2) is 34.4 Å². The summed E-state index contributed by atoms with van der Waals surface area (Å²) in [6, 6.07) is 0. The van der Waals surface area contributed by atoms with E-state index in [1.54, 1.807) is 7.11 Å². The normalized spacial score (nSPS) is 20.4. The van der Waals surface area contributed by atoms with Gasteiger partial charge in [0.15, 0.2) is 5.76 Å². The highest BCUT2D eigenvalue weighted by molar-refractivity contribution is 6.12. The lowest BCUT2D eigenvalue weighted by molar-refractivity contribution is -0.115. The van der Waals surface area contributed by atoms with E-state index in [1.807, 2.05) is 20.0 Å². The Kier molecular flexibility index (Phi) is 2.96. The standard InChI is InChI=1S/C13H17NO3/c1-8-11-9(5-6-14(8)2)7-10(16-3)13(17-4)12(11)15/h7H,5-6H2,1-4H3. The van der Waals surface area contributed by atoms with E-state index in [4.69, 9.17) is 9.47 Å². The Morgan fingerprint density at radius 1 is 1.29 bits per heavy atom. The van der Waals surface area contributed by atoms with Gasteiger partial charge in [-0.1, -0.05) is 0 Å². The zero-order valence-corrected chi connectivity index (χ0v) is 10.7. The zero-order chi connectivity index (χ0) is 12.6. The van der Waals surface area contributed by atoms with Crippen LogP contribution < -0.4 is 0 Å². The lowest BCUT2D eigenvalue weighted by Gasteiger charge is -2.32. The summed E-state index contributed by atoms with van der Waals surface area (Å²) in [5, 5.41) is 0. The largest absolute Gasteiger partial charge is 0.493 e. The van der Waals surface area contributed by atoms with Crippen molar-refractivity contribution in [2.45, 2.75) is 13.3 Å². The Balaban J connectivity index is 2.57. The predicted octanol–water partition coefficient (Wildman–Crippen LogP) is 1.61. The fourth-order valence-electron chi connectivity index (χ4n) is 2.25. The number of Topliss-reactive ketones (excluding diaryl/α,β-unsaturated/α-hetero) is 1. The molecule has 2 rings (SSSR count). The molecule has 0 aromatic heterocycles. The van der Waals surface area contributed by atoms with Crippen LogP contribution in [0.5, 0.6) is 0 Å². The fourth-order valence-corrected chi connectivity index (χ4v) is 2.25. The Morgan fingerprint density at radius 2 is 2.00 bits per heavy atom. The molecule has 92 valence electrons. The highest BCUT2D eigenvalue weighted by Crippen LogP contribution is 2.34. The third-order valence-corrected chi connectivity index (χ3v) is 3.36. The van der Waals surface area contributed by atoms with Crippen molar-refractivity contribution in [2.75, 3.05) is 27.8 Å². The highest BCUT2D eigenvalue weighted by Gasteiger charge is 2.32. The maximum Gasteiger partial charge on any atom is 0.233 e. The van der Waals surface area contributed by atoms with Crippen molar-refractivity contribution in [2.24, 2.45) is 0 Å². The second-order valence-electron chi connectivity index (χ2n) is 4.23. The highest BCUT2D eigenvalue weighted by atomic mass is 16.5. The molecule has 0 spiro atoms. The van der Waals surface area contributed by atoms with Crippen LogP contribution in [0.1, 0.15) is 13.3 Å². The van der Waals surface area contributed by atoms with Gasteiger partial charge in [0.1, 0.15) is 0 Å². The van der Waals surface area contributed by atoms with Gasteiger partial charge in [0.25, 0.3) is 0 Å². The minimum absolute atomic E-state index is 0.0779. The van der Waals surface area contributed by atoms with Crippen molar-refractivity contribution in [1.29, 1.82) is 0 Å². The molecular weight excluding hydrogens is 218 g/mol. The van der Waals surface area contributed by atoms with Crippen molar-refractivity contribution >= 4 is 5.78 Å². The summed E-state index contributed by atoms with van der Waals surface area (Å²) in [6.45, 7) is 2.89. The number of ketones is 1. The summed E-state index contributed by atoms with van der Waals surface area (Å²) in [7, 11) is 5.04. The molecule has 2 aliphatic rings. The van der Waals surface area contributed by atoms with Gasteiger partial charge in [0, 0.05) is 24.9 Å². The van der Waals surface area contributed by atoms with E-state index >= 15 is 0 Å². The first-order valence-electron chi connectivity index (χ1n) is 5.60. The van der Waals surface area contributed by atoms with Gasteiger partial charge in [0.05, 0.1) is 14.2 Å². The number of methoxy groups -OCH3 is 2. The number of hydrogen-bond acceptors (Lipinski definition) is 4. The van der Waals surface area contributed by atoms with E-state index in [9.17, 15) is 4.79 Å². The lowest BCUT2D eigenvalue weighted by atomic mass is 9.88. The van der Waals surface area contributed by atoms with Gasteiger partial charge in [-0.2, -0.15) is 0 Å². The van der Waals surface area contributed by atoms with Gasteiger partial charge < -0.3 is 14.4 Å². The monoisotopic (exact) mass is 235 g/mol. The number of carbonyl (C=O) groups is 1. The van der Waals surface area contributed by atoms with Crippen LogP contribution in [0.2, 0.25) is 0 Å². The SMILES string of the molecule is COC1=C(OC)C(=O)C2=C(C)N(C)CCC2=C1. The van der Waals surface area contributed by atoms with Crippen LogP contribution in [0, 0.1) is 0 Å². The van der Waals surface area contributed by atoms with Gasteiger partial charge >= 0.3 is 0 Å². The molecular formula is C13H17NO3. The topological polar surface area (TPSA) is 38.8 Å². The Hall–Kier alpha value is -1.71. The molecule has 0 saturated heterocycles. The van der Waals surface area contributed by atoms with Crippen molar-refractivity contribution < 1.29 is 14.3 Å². The summed E-state index contributed by atoms with van der Waals surface area (Å²) in [6.07, 6.45) is 2.77. The molecule has 1 heterocycles. The van der Waals surface area contributed by atoms with Crippen LogP contribution in [0.4, 0.5) is 0 Å². The third-order valence-electron chi connectivity index (χ3n) is 3.36. The molecule has 0 fully saturated rings. The van der Waals surface area contributed by atoms with E-state index in [0.29, 0.717) is 11.5 Å². The molecule has 0 saturated carbocycles. The first-order chi connectivity index (χ1) is 8.10. The number of allylic oxidation sites excluding steroid dienone is 3. The van der Waals surface area contributed by atoms with Crippen molar-refractivity contribution in [3.8, 4) is 0 Å². The predicted molar refractivity (Wildman–Crippen MR) is 64.1 cm³/mol. The molecule has 0 aromatic rings. The second-order valence-corrected chi connectivity index (χ2v) is 4.23. The summed E-state index contributed by atoms with van der Waals surface area (Å²) < 4.78 is 10.3. The van der Waals surface area contributed by atoms with Gasteiger partial charge in [0.2, 0.25) is 11.5 Å². The molecule has 0 atom stereocenters. The van der Waals surface area contributed by atoms with Crippen molar-refractivity contribution in [3.63, 3.8) is 0 Å². The molecule has 0 unspecified atom stereocenters. The van der Waals surface area contributed by atoms with Crippen LogP contribution in [-0.4, -0.2) is 38.5 Å². The molecule has 0 amide bonds. The number of fused-ring (bicyclic) bond motifs is 1. The maximum absolute atomic E-state index is 12.3. The number of rotatable bonds is 2. The van der Waals surface area contributed by atoms with Crippen LogP contribution >= 0.6 is 0 Å². The Morgan fingerprint density at radius 3 is 2.59 bits per heavy atom. The summed E-state index contributed by atoms with van der Waals surface area (Å²) >= 11 is 0. The Labute approximate surface area is 101 Å². The summed E-state index contributed by atoms with van der Waals surface area (Å²) in [5.74, 6) is 0.736. The molecule has 0 N–H and O–H groups in total.